The van der Waals surface area contributed by atoms with E-state index in [9.17, 15) is 0 Å². The van der Waals surface area contributed by atoms with Crippen molar-refractivity contribution in [3.8, 4) is 6.19 Å². The van der Waals surface area contributed by atoms with Gasteiger partial charge in [-0.25, -0.2) is 0 Å². The normalized spacial score (nSPS) is 1.40. The largest absolute Gasteiger partial charge is 0.337 e. The van der Waals surface area contributed by atoms with Crippen molar-refractivity contribution in [2.75, 3.05) is 0 Å². The van der Waals surface area contributed by atoms with Crippen LogP contribution in [0.3, 0.4) is 0 Å². The van der Waals surface area contributed by atoms with E-state index in [0.29, 0.717) is 0 Å². The summed E-state index contributed by atoms with van der Waals surface area (Å²) in [5, 5.41) is 7.10. The van der Waals surface area contributed by atoms with Gasteiger partial charge in [0.05, 0.1) is 0 Å². The molecule has 0 aromatic heterocycles. The van der Waals surface area contributed by atoms with Crippen LogP contribution in [0.2, 0.25) is 0 Å². The highest BCUT2D eigenvalue weighted by molar-refractivity contribution is 5.75. The molecule has 0 aromatic rings. The SMILES string of the molecule is N#CN.[C].[Si]. The van der Waals surface area contributed by atoms with E-state index < -0.39 is 0 Å². The van der Waals surface area contributed by atoms with E-state index in [1.165, 1.54) is 6.19 Å². The highest BCUT2D eigenvalue weighted by Crippen LogP contribution is 0.900. The number of hydrogen-bond donors (Lipinski definition) is 1. The van der Waals surface area contributed by atoms with E-state index in [-0.39, 0.29) is 18.4 Å². The molecule has 0 aliphatic carbocycles. The summed E-state index contributed by atoms with van der Waals surface area (Å²) in [6.07, 6.45) is 1.25. The first-order chi connectivity index (χ1) is 1.41. The molecule has 0 spiro atoms. The highest BCUT2D eigenvalue weighted by atomic mass is 28.1. The van der Waals surface area contributed by atoms with Crippen LogP contribution in [0.25, 0.3) is 0 Å². The molecule has 0 aliphatic rings. The molecule has 0 unspecified atom stereocenters. The summed E-state index contributed by atoms with van der Waals surface area (Å²) in [6, 6.07) is 0. The molecule has 0 rings (SSSR count). The molecule has 5 heavy (non-hydrogen) atoms. The van der Waals surface area contributed by atoms with Crippen molar-refractivity contribution in [2.24, 2.45) is 5.73 Å². The summed E-state index contributed by atoms with van der Waals surface area (Å²) in [5.41, 5.74) is 4.15. The van der Waals surface area contributed by atoms with Gasteiger partial charge in [-0.2, -0.15) is 5.26 Å². The van der Waals surface area contributed by atoms with Crippen molar-refractivity contribution in [1.29, 1.82) is 5.26 Å². The van der Waals surface area contributed by atoms with Gasteiger partial charge in [-0.1, -0.05) is 0 Å². The lowest BCUT2D eigenvalue weighted by atomic mass is 11.5. The summed E-state index contributed by atoms with van der Waals surface area (Å²) in [4.78, 5) is 0. The molecular weight excluding hydrogens is 80.1 g/mol. The first kappa shape index (κ1) is 24.4. The van der Waals surface area contributed by atoms with Crippen LogP contribution < -0.4 is 5.73 Å². The van der Waals surface area contributed by atoms with Gasteiger partial charge in [0.25, 0.3) is 0 Å². The fourth-order valence-corrected chi connectivity index (χ4v) is 0. The minimum absolute atomic E-state index is 0. The van der Waals surface area contributed by atoms with Gasteiger partial charge in [-0.15, -0.1) is 0 Å². The quantitative estimate of drug-likeness (QED) is 0.234. The Kier molecular flexibility index (Phi) is 419. The first-order valence-corrected chi connectivity index (χ1v) is 0.512. The lowest BCUT2D eigenvalue weighted by molar-refractivity contribution is 1.45. The number of rotatable bonds is 0. The molecular formula is C2H2N2Si. The van der Waals surface area contributed by atoms with Crippen LogP contribution in [-0.2, 0) is 0 Å². The predicted octanol–water partition coefficient (Wildman–Crippen LogP) is -0.873. The van der Waals surface area contributed by atoms with E-state index in [4.69, 9.17) is 5.26 Å². The molecule has 8 radical (unpaired) electrons. The van der Waals surface area contributed by atoms with Crippen LogP contribution in [0.15, 0.2) is 0 Å². The van der Waals surface area contributed by atoms with E-state index in [1.807, 2.05) is 0 Å². The maximum absolute atomic E-state index is 7.10. The van der Waals surface area contributed by atoms with Crippen LogP contribution in [0, 0.1) is 18.9 Å². The van der Waals surface area contributed by atoms with E-state index in [1.54, 1.807) is 0 Å². The second kappa shape index (κ2) is 85.8. The topological polar surface area (TPSA) is 49.8 Å². The lowest BCUT2D eigenvalue weighted by Crippen LogP contribution is -1.69. The minimum Gasteiger partial charge on any atom is -0.337 e. The van der Waals surface area contributed by atoms with Crippen molar-refractivity contribution < 1.29 is 0 Å². The Morgan fingerprint density at radius 3 is 1.60 bits per heavy atom. The Morgan fingerprint density at radius 1 is 1.60 bits per heavy atom. The third-order valence-electron chi connectivity index (χ3n) is 0. The Bertz CT molecular complexity index is 29.1. The fourth-order valence-electron chi connectivity index (χ4n) is 0. The summed E-state index contributed by atoms with van der Waals surface area (Å²) in [6.45, 7) is 0. The Balaban J connectivity index is -0.0000000200. The third-order valence-corrected chi connectivity index (χ3v) is 0. The van der Waals surface area contributed by atoms with Gasteiger partial charge >= 0.3 is 0 Å². The van der Waals surface area contributed by atoms with Gasteiger partial charge in [0.2, 0.25) is 0 Å². The molecule has 2 N–H and O–H groups in total. The smallest absolute Gasteiger partial charge is 0.173 e. The molecule has 24 valence electrons. The zero-order valence-electron chi connectivity index (χ0n) is 2.52. The molecule has 0 amide bonds. The average Bonchev–Trinajstić information content (AvgIpc) is 0.918. The second-order valence-corrected chi connectivity index (χ2v) is 0.129. The summed E-state index contributed by atoms with van der Waals surface area (Å²) in [7, 11) is 0. The van der Waals surface area contributed by atoms with Crippen LogP contribution in [0.5, 0.6) is 0 Å². The van der Waals surface area contributed by atoms with Crippen LogP contribution in [0.1, 0.15) is 0 Å². The van der Waals surface area contributed by atoms with Crippen molar-refractivity contribution in [3.63, 3.8) is 0 Å². The van der Waals surface area contributed by atoms with Crippen LogP contribution in [-0.4, -0.2) is 11.0 Å². The molecule has 0 aromatic carbocycles. The molecule has 0 fully saturated rings. The highest BCUT2D eigenvalue weighted by Gasteiger charge is 1.12. The average molecular weight is 82.1 g/mol. The molecule has 0 saturated carbocycles. The monoisotopic (exact) mass is 82.0 g/mol. The Labute approximate surface area is 36.6 Å². The van der Waals surface area contributed by atoms with E-state index in [0.717, 1.165) is 0 Å². The molecule has 0 aliphatic heterocycles. The Morgan fingerprint density at radius 2 is 1.60 bits per heavy atom. The molecule has 0 atom stereocenters. The molecule has 3 heteroatoms. The fraction of sp³-hybridized carbons (Fsp3) is 0. The number of nitrogens with two attached hydrogens (primary N) is 1. The van der Waals surface area contributed by atoms with Crippen molar-refractivity contribution in [1.82, 2.24) is 0 Å². The number of hydrogen-bond acceptors (Lipinski definition) is 2. The standard InChI is InChI=1S/CH2N2.C.Si/c2-1-3;;/h2H2;;. The predicted molar refractivity (Wildman–Crippen MR) is 18.8 cm³/mol. The van der Waals surface area contributed by atoms with E-state index >= 15 is 0 Å². The maximum Gasteiger partial charge on any atom is 0.173 e. The van der Waals surface area contributed by atoms with Crippen LogP contribution >= 0.6 is 0 Å². The van der Waals surface area contributed by atoms with Gasteiger partial charge in [-0.3, -0.25) is 0 Å². The zero-order chi connectivity index (χ0) is 2.71. The van der Waals surface area contributed by atoms with Crippen LogP contribution in [0.4, 0.5) is 0 Å². The van der Waals surface area contributed by atoms with Crippen molar-refractivity contribution in [2.45, 2.75) is 0 Å². The summed E-state index contributed by atoms with van der Waals surface area (Å²) in [5.74, 6) is 0. The zero-order valence-corrected chi connectivity index (χ0v) is 3.52. The van der Waals surface area contributed by atoms with Crippen molar-refractivity contribution in [3.05, 3.63) is 7.43 Å². The summed E-state index contributed by atoms with van der Waals surface area (Å²) < 4.78 is 0. The minimum atomic E-state index is 0. The molecule has 2 nitrogen and oxygen atoms in total. The number of nitriles is 1. The van der Waals surface area contributed by atoms with Gasteiger partial charge in [-0.05, 0) is 0 Å². The van der Waals surface area contributed by atoms with Gasteiger partial charge in [0.1, 0.15) is 0 Å². The summed E-state index contributed by atoms with van der Waals surface area (Å²) >= 11 is 0. The molecule has 0 saturated heterocycles. The molecule has 0 heterocycles. The third kappa shape index (κ3) is 32.7. The van der Waals surface area contributed by atoms with Gasteiger partial charge in [0, 0.05) is 18.4 Å². The van der Waals surface area contributed by atoms with E-state index in [2.05, 4.69) is 5.73 Å². The van der Waals surface area contributed by atoms with Gasteiger partial charge < -0.3 is 5.73 Å². The molecule has 0 bridgehead atoms. The first-order valence-electron chi connectivity index (χ1n) is 0.512. The maximum atomic E-state index is 7.10. The second-order valence-electron chi connectivity index (χ2n) is 0.129. The Hall–Kier alpha value is -0.493. The van der Waals surface area contributed by atoms with Gasteiger partial charge in [0.15, 0.2) is 6.19 Å². The lowest BCUT2D eigenvalue weighted by Gasteiger charge is -1.24. The number of nitrogens with zero attached hydrogens (tertiary/aromatic N) is 1. The van der Waals surface area contributed by atoms with Crippen molar-refractivity contribution >= 4 is 11.0 Å².